The largest absolute Gasteiger partial charge is 0.507 e. The predicted octanol–water partition coefficient (Wildman–Crippen LogP) is 4.77. The van der Waals surface area contributed by atoms with Crippen LogP contribution in [0.5, 0.6) is 5.75 Å². The van der Waals surface area contributed by atoms with Gasteiger partial charge in [-0.2, -0.15) is 0 Å². The maximum absolute atomic E-state index is 13.9. The van der Waals surface area contributed by atoms with Gasteiger partial charge in [0.25, 0.3) is 0 Å². The monoisotopic (exact) mass is 499 g/mol. The minimum Gasteiger partial charge on any atom is -0.507 e. The molecule has 0 bridgehead atoms. The molecule has 0 aromatic heterocycles. The van der Waals surface area contributed by atoms with Crippen molar-refractivity contribution in [3.05, 3.63) is 63.3 Å². The Morgan fingerprint density at radius 3 is 2.24 bits per heavy atom. The number of aryl methyl sites for hydroxylation is 2. The van der Waals surface area contributed by atoms with Crippen LogP contribution in [-0.2, 0) is 19.2 Å². The van der Waals surface area contributed by atoms with Crippen LogP contribution in [0.4, 0.5) is 0 Å². The second-order valence-electron chi connectivity index (χ2n) is 11.6. The normalized spacial score (nSPS) is 30.2. The molecule has 2 amide bonds. The maximum atomic E-state index is 13.9. The van der Waals surface area contributed by atoms with Gasteiger partial charge in [0.05, 0.1) is 11.8 Å². The van der Waals surface area contributed by atoms with Crippen LogP contribution in [0.1, 0.15) is 74.5 Å². The Labute approximate surface area is 217 Å². The summed E-state index contributed by atoms with van der Waals surface area (Å²) in [4.78, 5) is 55.8. The zero-order valence-corrected chi connectivity index (χ0v) is 21.7. The van der Waals surface area contributed by atoms with Crippen molar-refractivity contribution in [1.82, 2.24) is 4.90 Å². The molecular formula is C31H33NO5. The van der Waals surface area contributed by atoms with E-state index in [0.717, 1.165) is 43.2 Å². The van der Waals surface area contributed by atoms with E-state index >= 15 is 0 Å². The number of phenols is 1. The third kappa shape index (κ3) is 3.52. The first-order valence-electron chi connectivity index (χ1n) is 13.6. The molecule has 2 fully saturated rings. The maximum Gasteiger partial charge on any atom is 0.233 e. The number of ketones is 2. The summed E-state index contributed by atoms with van der Waals surface area (Å²) in [5.74, 6) is -1.93. The van der Waals surface area contributed by atoms with Crippen molar-refractivity contribution >= 4 is 23.4 Å². The molecule has 5 aliphatic rings. The number of likely N-dealkylation sites (tertiary alicyclic amines) is 1. The Hall–Kier alpha value is -3.28. The highest BCUT2D eigenvalue weighted by Crippen LogP contribution is 2.55. The number of benzene rings is 1. The average molecular weight is 500 g/mol. The first-order valence-corrected chi connectivity index (χ1v) is 13.6. The Bertz CT molecular complexity index is 1330. The van der Waals surface area contributed by atoms with E-state index in [9.17, 15) is 24.3 Å². The van der Waals surface area contributed by atoms with E-state index in [1.54, 1.807) is 11.8 Å². The Morgan fingerprint density at radius 2 is 1.57 bits per heavy atom. The number of Topliss-reactive ketones (excluding diaryl/α,β-unsaturated/α-hetero) is 1. The molecule has 1 heterocycles. The number of rotatable bonds is 2. The summed E-state index contributed by atoms with van der Waals surface area (Å²) >= 11 is 0. The van der Waals surface area contributed by atoms with Crippen LogP contribution in [0.15, 0.2) is 46.6 Å². The molecule has 1 aliphatic heterocycles. The Morgan fingerprint density at radius 1 is 0.892 bits per heavy atom. The summed E-state index contributed by atoms with van der Waals surface area (Å²) in [5, 5.41) is 10.4. The second kappa shape index (κ2) is 8.64. The zero-order valence-electron chi connectivity index (χ0n) is 21.7. The van der Waals surface area contributed by atoms with Crippen molar-refractivity contribution in [3.63, 3.8) is 0 Å². The molecule has 37 heavy (non-hydrogen) atoms. The van der Waals surface area contributed by atoms with Crippen LogP contribution >= 0.6 is 0 Å². The number of carbonyl (C=O) groups is 4. The van der Waals surface area contributed by atoms with Gasteiger partial charge in [-0.1, -0.05) is 43.0 Å². The lowest BCUT2D eigenvalue weighted by Gasteiger charge is -2.42. The SMILES string of the molecule is CC1=CC(=O)C2=C(C1=O)C(c1cc(C)c(O)c(C)c1)C1=CCC3C(=O)N(C4CCCCC4)C(=O)C3C1C2. The van der Waals surface area contributed by atoms with Crippen molar-refractivity contribution < 1.29 is 24.3 Å². The van der Waals surface area contributed by atoms with Crippen LogP contribution in [0.2, 0.25) is 0 Å². The van der Waals surface area contributed by atoms with Crippen LogP contribution in [0.25, 0.3) is 0 Å². The van der Waals surface area contributed by atoms with Gasteiger partial charge in [0.15, 0.2) is 11.6 Å². The number of imide groups is 1. The molecule has 192 valence electrons. The fourth-order valence-electron chi connectivity index (χ4n) is 7.62. The summed E-state index contributed by atoms with van der Waals surface area (Å²) in [6, 6.07) is 3.74. The fourth-order valence-corrected chi connectivity index (χ4v) is 7.62. The Kier molecular flexibility index (Phi) is 5.62. The molecule has 1 saturated carbocycles. The van der Waals surface area contributed by atoms with Gasteiger partial charge >= 0.3 is 0 Å². The van der Waals surface area contributed by atoms with Crippen molar-refractivity contribution in [2.45, 2.75) is 77.7 Å². The van der Waals surface area contributed by atoms with Crippen LogP contribution < -0.4 is 0 Å². The van der Waals surface area contributed by atoms with E-state index in [2.05, 4.69) is 6.08 Å². The molecule has 6 rings (SSSR count). The molecule has 1 saturated heterocycles. The molecule has 4 unspecified atom stereocenters. The molecule has 0 radical (unpaired) electrons. The molecule has 0 spiro atoms. The van der Waals surface area contributed by atoms with E-state index in [1.807, 2.05) is 26.0 Å². The number of allylic oxidation sites excluding steroid dienone is 6. The van der Waals surface area contributed by atoms with Crippen molar-refractivity contribution in [1.29, 1.82) is 0 Å². The lowest BCUT2D eigenvalue weighted by atomic mass is 9.59. The lowest BCUT2D eigenvalue weighted by Crippen LogP contribution is -2.43. The lowest BCUT2D eigenvalue weighted by molar-refractivity contribution is -0.143. The minimum atomic E-state index is -0.500. The van der Waals surface area contributed by atoms with Gasteiger partial charge in [-0.15, -0.1) is 0 Å². The van der Waals surface area contributed by atoms with Crippen LogP contribution in [0.3, 0.4) is 0 Å². The van der Waals surface area contributed by atoms with E-state index in [4.69, 9.17) is 0 Å². The highest BCUT2D eigenvalue weighted by Gasteiger charge is 2.57. The summed E-state index contributed by atoms with van der Waals surface area (Å²) < 4.78 is 0. The van der Waals surface area contributed by atoms with Crippen molar-refractivity contribution in [2.75, 3.05) is 0 Å². The highest BCUT2D eigenvalue weighted by atomic mass is 16.3. The predicted molar refractivity (Wildman–Crippen MR) is 138 cm³/mol. The van der Waals surface area contributed by atoms with Crippen LogP contribution in [0, 0.1) is 31.6 Å². The standard InChI is InChI=1S/C31H33NO5/c1-15-11-18(12-16(2)28(15)34)25-20-9-10-21-26(31(37)32(30(21)36)19-7-5-4-6-8-19)22(20)14-23-24(33)13-17(3)29(35)27(23)25/h9,11-13,19,21-22,25-26,34H,4-8,10,14H2,1-3H3. The number of fused-ring (bicyclic) bond motifs is 3. The third-order valence-electron chi connectivity index (χ3n) is 9.39. The van der Waals surface area contributed by atoms with Gasteiger partial charge in [0, 0.05) is 28.7 Å². The number of phenolic OH excluding ortho intramolecular Hbond substituents is 1. The molecule has 1 aromatic rings. The zero-order chi connectivity index (χ0) is 26.2. The average Bonchev–Trinajstić information content (AvgIpc) is 3.14. The van der Waals surface area contributed by atoms with Crippen LogP contribution in [-0.4, -0.2) is 39.4 Å². The minimum absolute atomic E-state index is 0.0252. The van der Waals surface area contributed by atoms with Gasteiger partial charge in [-0.05, 0) is 75.1 Å². The topological polar surface area (TPSA) is 91.8 Å². The summed E-state index contributed by atoms with van der Waals surface area (Å²) in [7, 11) is 0. The van der Waals surface area contributed by atoms with Gasteiger partial charge in [-0.25, -0.2) is 0 Å². The van der Waals surface area contributed by atoms with E-state index in [-0.39, 0.29) is 41.1 Å². The number of hydrogen-bond donors (Lipinski definition) is 1. The third-order valence-corrected chi connectivity index (χ3v) is 9.39. The molecule has 4 aliphatic carbocycles. The van der Waals surface area contributed by atoms with Gasteiger partial charge in [0.1, 0.15) is 5.75 Å². The number of nitrogens with zero attached hydrogens (tertiary/aromatic N) is 1. The summed E-state index contributed by atoms with van der Waals surface area (Å²) in [6.45, 7) is 5.33. The molecule has 4 atom stereocenters. The highest BCUT2D eigenvalue weighted by molar-refractivity contribution is 6.23. The number of hydrogen-bond acceptors (Lipinski definition) is 5. The first kappa shape index (κ1) is 24.1. The van der Waals surface area contributed by atoms with E-state index < -0.39 is 17.8 Å². The molecule has 6 nitrogen and oxygen atoms in total. The van der Waals surface area contributed by atoms with E-state index in [1.165, 1.54) is 6.08 Å². The fraction of sp³-hybridized carbons (Fsp3) is 0.484. The second-order valence-corrected chi connectivity index (χ2v) is 11.6. The molecule has 1 aromatic carbocycles. The number of aromatic hydroxyl groups is 1. The van der Waals surface area contributed by atoms with Crippen molar-refractivity contribution in [2.24, 2.45) is 17.8 Å². The molecule has 1 N–H and O–H groups in total. The van der Waals surface area contributed by atoms with Crippen molar-refractivity contribution in [3.8, 4) is 5.75 Å². The quantitative estimate of drug-likeness (QED) is 0.360. The Balaban J connectivity index is 1.48. The number of amides is 2. The molecule has 6 heteroatoms. The molecular weight excluding hydrogens is 466 g/mol. The van der Waals surface area contributed by atoms with Gasteiger partial charge in [0.2, 0.25) is 11.8 Å². The summed E-state index contributed by atoms with van der Waals surface area (Å²) in [5.41, 5.74) is 4.60. The smallest absolute Gasteiger partial charge is 0.233 e. The van der Waals surface area contributed by atoms with Gasteiger partial charge in [-0.3, -0.25) is 24.1 Å². The number of carbonyl (C=O) groups excluding carboxylic acids is 4. The summed E-state index contributed by atoms with van der Waals surface area (Å²) in [6.07, 6.45) is 9.19. The van der Waals surface area contributed by atoms with E-state index in [0.29, 0.717) is 40.7 Å². The first-order chi connectivity index (χ1) is 17.7. The van der Waals surface area contributed by atoms with Gasteiger partial charge < -0.3 is 5.11 Å².